The molecule has 108 valence electrons. The average molecular weight is 303 g/mol. The molecule has 5 heteroatoms. The van der Waals surface area contributed by atoms with Crippen LogP contribution in [-0.4, -0.2) is 17.6 Å². The van der Waals surface area contributed by atoms with Crippen LogP contribution in [0.3, 0.4) is 0 Å². The molecule has 0 aliphatic carbocycles. The Morgan fingerprint density at radius 3 is 2.86 bits per heavy atom. The maximum Gasteiger partial charge on any atom is 0.265 e. The molecule has 0 radical (unpaired) electrons. The molecule has 1 aromatic carbocycles. The lowest BCUT2D eigenvalue weighted by molar-refractivity contribution is 0.103. The van der Waals surface area contributed by atoms with E-state index in [1.807, 2.05) is 13.8 Å². The summed E-state index contributed by atoms with van der Waals surface area (Å²) in [5.41, 5.74) is 1.88. The Labute approximate surface area is 126 Å². The number of thiophene rings is 1. The highest BCUT2D eigenvalue weighted by Gasteiger charge is 2.13. The summed E-state index contributed by atoms with van der Waals surface area (Å²) in [4.78, 5) is 13.3. The van der Waals surface area contributed by atoms with Crippen LogP contribution in [0.2, 0.25) is 0 Å². The van der Waals surface area contributed by atoms with Gasteiger partial charge in [-0.05, 0) is 43.2 Å². The molecule has 0 aliphatic heterocycles. The van der Waals surface area contributed by atoms with Gasteiger partial charge in [0, 0.05) is 0 Å². The minimum absolute atomic E-state index is 0.161. The zero-order chi connectivity index (χ0) is 15.4. The number of rotatable bonds is 2. The lowest BCUT2D eigenvalue weighted by Gasteiger charge is -2.05. The highest BCUT2D eigenvalue weighted by Crippen LogP contribution is 2.23. The van der Waals surface area contributed by atoms with Crippen molar-refractivity contribution in [2.75, 3.05) is 11.9 Å². The summed E-state index contributed by atoms with van der Waals surface area (Å²) >= 11 is 1.22. The number of benzene rings is 1. The molecule has 1 heterocycles. The second-order valence-electron chi connectivity index (χ2n) is 4.52. The smallest absolute Gasteiger partial charge is 0.265 e. The van der Waals surface area contributed by atoms with E-state index in [-0.39, 0.29) is 18.2 Å². The number of carbonyl (C=O) groups excluding carboxylic acids is 1. The number of hydrogen-bond donors (Lipinski definition) is 2. The molecule has 1 amide bonds. The molecule has 1 aromatic heterocycles. The quantitative estimate of drug-likeness (QED) is 0.838. The molecular weight excluding hydrogens is 289 g/mol. The van der Waals surface area contributed by atoms with Crippen LogP contribution in [0.1, 0.15) is 25.7 Å². The number of hydrogen-bond acceptors (Lipinski definition) is 3. The van der Waals surface area contributed by atoms with Crippen molar-refractivity contribution < 1.29 is 14.3 Å². The molecule has 0 atom stereocenters. The van der Waals surface area contributed by atoms with Crippen molar-refractivity contribution >= 4 is 22.9 Å². The fourth-order valence-corrected chi connectivity index (χ4v) is 2.70. The van der Waals surface area contributed by atoms with E-state index in [0.29, 0.717) is 4.88 Å². The molecule has 0 bridgehead atoms. The predicted molar refractivity (Wildman–Crippen MR) is 82.1 cm³/mol. The van der Waals surface area contributed by atoms with Crippen molar-refractivity contribution in [3.63, 3.8) is 0 Å². The molecule has 3 nitrogen and oxygen atoms in total. The zero-order valence-electron chi connectivity index (χ0n) is 11.7. The monoisotopic (exact) mass is 303 g/mol. The van der Waals surface area contributed by atoms with Crippen molar-refractivity contribution in [2.45, 2.75) is 13.8 Å². The number of aliphatic hydroxyl groups excluding tert-OH is 1. The molecule has 0 saturated heterocycles. The Bertz CT molecular complexity index is 740. The normalized spacial score (nSPS) is 9.90. The first-order valence-corrected chi connectivity index (χ1v) is 7.10. The second-order valence-corrected chi connectivity index (χ2v) is 5.57. The summed E-state index contributed by atoms with van der Waals surface area (Å²) in [6.45, 7) is 3.43. The van der Waals surface area contributed by atoms with E-state index in [9.17, 15) is 9.18 Å². The van der Waals surface area contributed by atoms with Gasteiger partial charge >= 0.3 is 0 Å². The Morgan fingerprint density at radius 1 is 1.38 bits per heavy atom. The number of halogens is 1. The third kappa shape index (κ3) is 3.69. The molecule has 2 aromatic rings. The summed E-state index contributed by atoms with van der Waals surface area (Å²) in [6.07, 6.45) is 0. The van der Waals surface area contributed by atoms with E-state index in [4.69, 9.17) is 5.11 Å². The Hall–Kier alpha value is -2.16. The van der Waals surface area contributed by atoms with Gasteiger partial charge in [-0.1, -0.05) is 17.9 Å². The minimum Gasteiger partial charge on any atom is -0.384 e. The molecule has 0 unspecified atom stereocenters. The number of nitrogens with one attached hydrogen (secondary N) is 1. The molecule has 21 heavy (non-hydrogen) atoms. The van der Waals surface area contributed by atoms with E-state index in [1.54, 1.807) is 18.2 Å². The van der Waals surface area contributed by atoms with Crippen molar-refractivity contribution in [3.8, 4) is 11.8 Å². The number of aliphatic hydroxyl groups is 1. The van der Waals surface area contributed by atoms with Crippen LogP contribution in [-0.2, 0) is 0 Å². The maximum absolute atomic E-state index is 13.6. The van der Waals surface area contributed by atoms with Gasteiger partial charge < -0.3 is 10.4 Å². The van der Waals surface area contributed by atoms with Crippen molar-refractivity contribution in [1.82, 2.24) is 0 Å². The Kier molecular flexibility index (Phi) is 4.73. The zero-order valence-corrected chi connectivity index (χ0v) is 12.5. The van der Waals surface area contributed by atoms with Crippen molar-refractivity contribution in [3.05, 3.63) is 51.0 Å². The topological polar surface area (TPSA) is 49.3 Å². The second kappa shape index (κ2) is 6.53. The number of aryl methyl sites for hydroxylation is 2. The molecule has 0 spiro atoms. The van der Waals surface area contributed by atoms with E-state index < -0.39 is 5.82 Å². The van der Waals surface area contributed by atoms with Crippen LogP contribution in [0.5, 0.6) is 0 Å². The highest BCUT2D eigenvalue weighted by molar-refractivity contribution is 7.14. The van der Waals surface area contributed by atoms with Gasteiger partial charge in [0.15, 0.2) is 0 Å². The van der Waals surface area contributed by atoms with Gasteiger partial charge in [-0.2, -0.15) is 0 Å². The first-order chi connectivity index (χ1) is 10.0. The third-order valence-corrected chi connectivity index (χ3v) is 3.94. The van der Waals surface area contributed by atoms with Gasteiger partial charge in [0.25, 0.3) is 5.91 Å². The number of anilines is 1. The van der Waals surface area contributed by atoms with E-state index >= 15 is 0 Å². The van der Waals surface area contributed by atoms with Crippen molar-refractivity contribution in [2.24, 2.45) is 0 Å². The summed E-state index contributed by atoms with van der Waals surface area (Å²) in [6, 6.07) is 6.25. The first kappa shape index (κ1) is 15.2. The summed E-state index contributed by atoms with van der Waals surface area (Å²) in [7, 11) is 0. The molecular formula is C16H14FNO2S. The van der Waals surface area contributed by atoms with Gasteiger partial charge in [-0.25, -0.2) is 4.39 Å². The van der Waals surface area contributed by atoms with E-state index in [1.165, 1.54) is 17.4 Å². The van der Waals surface area contributed by atoms with Gasteiger partial charge in [-0.3, -0.25) is 4.79 Å². The molecule has 0 saturated carbocycles. The summed E-state index contributed by atoms with van der Waals surface area (Å²) < 4.78 is 13.6. The van der Waals surface area contributed by atoms with Gasteiger partial charge in [0.1, 0.15) is 12.4 Å². The van der Waals surface area contributed by atoms with E-state index in [2.05, 4.69) is 17.2 Å². The summed E-state index contributed by atoms with van der Waals surface area (Å²) in [5.74, 6) is 4.49. The van der Waals surface area contributed by atoms with Crippen LogP contribution >= 0.6 is 11.3 Å². The number of amides is 1. The maximum atomic E-state index is 13.6. The SMILES string of the molecule is Cc1ccc(F)c(NC(=O)c2cc(C)c(C#CCO)s2)c1. The minimum atomic E-state index is -0.470. The van der Waals surface area contributed by atoms with Crippen molar-refractivity contribution in [1.29, 1.82) is 0 Å². The van der Waals surface area contributed by atoms with Gasteiger partial charge in [0.2, 0.25) is 0 Å². The third-order valence-electron chi connectivity index (χ3n) is 2.79. The fraction of sp³-hybridized carbons (Fsp3) is 0.188. The Balaban J connectivity index is 2.23. The molecule has 0 fully saturated rings. The van der Waals surface area contributed by atoms with Crippen LogP contribution in [0, 0.1) is 31.5 Å². The van der Waals surface area contributed by atoms with E-state index in [0.717, 1.165) is 16.0 Å². The van der Waals surface area contributed by atoms with Gasteiger partial charge in [0.05, 0.1) is 15.4 Å². The van der Waals surface area contributed by atoms with Crippen LogP contribution in [0.15, 0.2) is 24.3 Å². The standard InChI is InChI=1S/C16H14FNO2S/c1-10-5-6-12(17)13(8-10)18-16(20)15-9-11(2)14(21-15)4-3-7-19/h5-6,8-9,19H,7H2,1-2H3,(H,18,20). The lowest BCUT2D eigenvalue weighted by atomic mass is 10.2. The average Bonchev–Trinajstić information content (AvgIpc) is 2.82. The largest absolute Gasteiger partial charge is 0.384 e. The summed E-state index contributed by atoms with van der Waals surface area (Å²) in [5, 5.41) is 11.3. The molecule has 2 N–H and O–H groups in total. The first-order valence-electron chi connectivity index (χ1n) is 6.29. The number of carbonyl (C=O) groups is 1. The lowest BCUT2D eigenvalue weighted by Crippen LogP contribution is -2.11. The molecule has 2 rings (SSSR count). The molecule has 0 aliphatic rings. The van der Waals surface area contributed by atoms with Gasteiger partial charge in [-0.15, -0.1) is 11.3 Å². The predicted octanol–water partition coefficient (Wildman–Crippen LogP) is 3.10. The van der Waals surface area contributed by atoms with Crippen LogP contribution in [0.25, 0.3) is 0 Å². The fourth-order valence-electron chi connectivity index (χ4n) is 1.76. The highest BCUT2D eigenvalue weighted by atomic mass is 32.1. The van der Waals surface area contributed by atoms with Crippen LogP contribution < -0.4 is 5.32 Å². The van der Waals surface area contributed by atoms with Crippen LogP contribution in [0.4, 0.5) is 10.1 Å². The Morgan fingerprint density at radius 2 is 2.14 bits per heavy atom.